The van der Waals surface area contributed by atoms with Crippen LogP contribution in [0.5, 0.6) is 5.75 Å². The van der Waals surface area contributed by atoms with Crippen LogP contribution in [-0.2, 0) is 17.6 Å². The molecule has 2 aliphatic rings. The van der Waals surface area contributed by atoms with Gasteiger partial charge in [0.15, 0.2) is 0 Å². The number of fused-ring (bicyclic) bond motifs is 1. The number of benzene rings is 2. The Bertz CT molecular complexity index is 1210. The number of nitrogens with zero attached hydrogens (tertiary/aromatic N) is 1. The maximum atomic E-state index is 14.4. The lowest BCUT2D eigenvalue weighted by Crippen LogP contribution is -2.46. The molecule has 2 aromatic rings. The lowest BCUT2D eigenvalue weighted by atomic mass is 9.94. The number of rotatable bonds is 9. The number of nitrogens with one attached hydrogen (secondary N) is 1. The monoisotopic (exact) mass is 504 g/mol. The number of allylic oxidation sites excluding steroid dienone is 2. The molecule has 1 heterocycles. The lowest BCUT2D eigenvalue weighted by molar-refractivity contribution is -0.121. The molecule has 2 aromatic carbocycles. The molecular weight excluding hydrogens is 463 g/mol. The molecule has 1 aliphatic heterocycles. The van der Waals surface area contributed by atoms with Crippen LogP contribution in [0.1, 0.15) is 80.7 Å². The molecule has 0 saturated carbocycles. The fourth-order valence-corrected chi connectivity index (χ4v) is 5.89. The summed E-state index contributed by atoms with van der Waals surface area (Å²) < 4.78 is 20.2. The van der Waals surface area contributed by atoms with E-state index >= 15 is 0 Å². The third-order valence-corrected chi connectivity index (χ3v) is 7.65. The van der Waals surface area contributed by atoms with Crippen LogP contribution in [0.2, 0.25) is 0 Å². The fraction of sp³-hybridized carbons (Fsp3) is 0.469. The average Bonchev–Trinajstić information content (AvgIpc) is 3.10. The minimum absolute atomic E-state index is 0.00179. The van der Waals surface area contributed by atoms with E-state index in [0.29, 0.717) is 0 Å². The largest absolute Gasteiger partial charge is 0.496 e. The Morgan fingerprint density at radius 1 is 1.16 bits per heavy atom. The smallest absolute Gasteiger partial charge is 0.224 e. The van der Waals surface area contributed by atoms with Crippen molar-refractivity contribution >= 4 is 23.1 Å². The molecule has 198 valence electrons. The van der Waals surface area contributed by atoms with E-state index in [0.717, 1.165) is 90.8 Å². The number of carbonyl (C=O) groups excluding carboxylic acids is 1. The summed E-state index contributed by atoms with van der Waals surface area (Å²) in [5, 5.41) is 3.22. The molecule has 37 heavy (non-hydrogen) atoms. The van der Waals surface area contributed by atoms with Crippen LogP contribution in [0.3, 0.4) is 0 Å². The lowest BCUT2D eigenvalue weighted by Gasteiger charge is -2.30. The van der Waals surface area contributed by atoms with Crippen molar-refractivity contribution in [3.05, 3.63) is 69.5 Å². The van der Waals surface area contributed by atoms with Crippen molar-refractivity contribution in [3.63, 3.8) is 0 Å². The SMILES string of the molecule is CCCc1cc(/C=C2/C(C)=C(CC(=O)NC3CCCN(C)C3)c3cc(F)ccc32)cc(OC)c1CCC. The molecule has 1 unspecified atom stereocenters. The van der Waals surface area contributed by atoms with Gasteiger partial charge in [-0.1, -0.05) is 38.8 Å². The summed E-state index contributed by atoms with van der Waals surface area (Å²) in [6.45, 7) is 8.39. The van der Waals surface area contributed by atoms with E-state index in [1.807, 2.05) is 6.07 Å². The Hall–Kier alpha value is -2.92. The quantitative estimate of drug-likeness (QED) is 0.415. The molecule has 1 N–H and O–H groups in total. The van der Waals surface area contributed by atoms with Crippen LogP contribution < -0.4 is 10.1 Å². The zero-order chi connectivity index (χ0) is 26.5. The van der Waals surface area contributed by atoms with Gasteiger partial charge >= 0.3 is 0 Å². The van der Waals surface area contributed by atoms with Crippen LogP contribution in [0.15, 0.2) is 35.9 Å². The van der Waals surface area contributed by atoms with Gasteiger partial charge in [0.05, 0.1) is 13.5 Å². The van der Waals surface area contributed by atoms with Crippen LogP contribution in [-0.4, -0.2) is 44.1 Å². The first kappa shape index (κ1) is 27.1. The number of aryl methyl sites for hydroxylation is 1. The molecule has 0 aromatic heterocycles. The number of amides is 1. The van der Waals surface area contributed by atoms with Gasteiger partial charge in [0.1, 0.15) is 11.6 Å². The summed E-state index contributed by atoms with van der Waals surface area (Å²) in [7, 11) is 3.83. The predicted octanol–water partition coefficient (Wildman–Crippen LogP) is 6.67. The molecule has 1 fully saturated rings. The number of methoxy groups -OCH3 is 1. The van der Waals surface area contributed by atoms with Crippen molar-refractivity contribution in [1.82, 2.24) is 10.2 Å². The van der Waals surface area contributed by atoms with Crippen molar-refractivity contribution in [1.29, 1.82) is 0 Å². The van der Waals surface area contributed by atoms with Crippen LogP contribution in [0.4, 0.5) is 4.39 Å². The van der Waals surface area contributed by atoms with E-state index in [1.165, 1.54) is 17.2 Å². The molecule has 1 atom stereocenters. The second kappa shape index (κ2) is 12.1. The summed E-state index contributed by atoms with van der Waals surface area (Å²) in [5.41, 5.74) is 8.47. The summed E-state index contributed by atoms with van der Waals surface area (Å²) in [6.07, 6.45) is 8.64. The highest BCUT2D eigenvalue weighted by Crippen LogP contribution is 2.44. The van der Waals surface area contributed by atoms with Crippen LogP contribution >= 0.6 is 0 Å². The molecular formula is C32H41FN2O2. The Morgan fingerprint density at radius 3 is 2.65 bits per heavy atom. The summed E-state index contributed by atoms with van der Waals surface area (Å²) in [5.74, 6) is 0.646. The molecule has 1 aliphatic carbocycles. The summed E-state index contributed by atoms with van der Waals surface area (Å²) in [6, 6.07) is 9.47. The van der Waals surface area contributed by atoms with Crippen molar-refractivity contribution in [2.45, 2.75) is 71.8 Å². The van der Waals surface area contributed by atoms with Gasteiger partial charge in [0, 0.05) is 12.6 Å². The van der Waals surface area contributed by atoms with E-state index < -0.39 is 0 Å². The van der Waals surface area contributed by atoms with Gasteiger partial charge < -0.3 is 15.0 Å². The summed E-state index contributed by atoms with van der Waals surface area (Å²) in [4.78, 5) is 15.3. The molecule has 0 spiro atoms. The van der Waals surface area contributed by atoms with E-state index in [-0.39, 0.29) is 24.2 Å². The Balaban J connectivity index is 1.70. The number of ether oxygens (including phenoxy) is 1. The Morgan fingerprint density at radius 2 is 1.95 bits per heavy atom. The maximum absolute atomic E-state index is 14.4. The molecule has 4 rings (SSSR count). The molecule has 1 amide bonds. The van der Waals surface area contributed by atoms with Gasteiger partial charge in [0.25, 0.3) is 0 Å². The molecule has 1 saturated heterocycles. The number of likely N-dealkylation sites (tertiary alicyclic amines) is 1. The highest BCUT2D eigenvalue weighted by molar-refractivity contribution is 6.08. The van der Waals surface area contributed by atoms with Gasteiger partial charge in [-0.3, -0.25) is 4.79 Å². The van der Waals surface area contributed by atoms with E-state index in [4.69, 9.17) is 4.74 Å². The van der Waals surface area contributed by atoms with E-state index in [9.17, 15) is 9.18 Å². The third-order valence-electron chi connectivity index (χ3n) is 7.65. The van der Waals surface area contributed by atoms with Gasteiger partial charge in [-0.2, -0.15) is 0 Å². The second-order valence-corrected chi connectivity index (χ2v) is 10.6. The third kappa shape index (κ3) is 6.15. The highest BCUT2D eigenvalue weighted by atomic mass is 19.1. The zero-order valence-electron chi connectivity index (χ0n) is 23.0. The van der Waals surface area contributed by atoms with Crippen LogP contribution in [0, 0.1) is 5.82 Å². The molecule has 4 nitrogen and oxygen atoms in total. The number of halogens is 1. The standard InChI is InChI=1S/C32H41FN2O2/c1-6-9-23-15-22(17-31(37-5)26(23)10-7-2)16-28-21(3)29(30-18-24(33)12-13-27(28)30)19-32(36)34-25-11-8-14-35(4)20-25/h12-13,15-18,25H,6-11,14,19-20H2,1-5H3,(H,34,36)/b28-16-. The number of hydrogen-bond acceptors (Lipinski definition) is 3. The van der Waals surface area contributed by atoms with Gasteiger partial charge in [-0.05, 0) is 115 Å². The predicted molar refractivity (Wildman–Crippen MR) is 151 cm³/mol. The van der Waals surface area contributed by atoms with Gasteiger partial charge in [-0.25, -0.2) is 4.39 Å². The normalized spacial score (nSPS) is 18.9. The average molecular weight is 505 g/mol. The van der Waals surface area contributed by atoms with Gasteiger partial charge in [-0.15, -0.1) is 0 Å². The number of piperidine rings is 1. The number of hydrogen-bond donors (Lipinski definition) is 1. The van der Waals surface area contributed by atoms with Crippen LogP contribution in [0.25, 0.3) is 17.2 Å². The number of carbonyl (C=O) groups is 1. The first-order chi connectivity index (χ1) is 17.8. The molecule has 0 bridgehead atoms. The molecule has 0 radical (unpaired) electrons. The first-order valence-electron chi connectivity index (χ1n) is 13.7. The number of likely N-dealkylation sites (N-methyl/N-ethyl adjacent to an activating group) is 1. The van der Waals surface area contributed by atoms with Gasteiger partial charge in [0.2, 0.25) is 5.91 Å². The maximum Gasteiger partial charge on any atom is 0.224 e. The van der Waals surface area contributed by atoms with E-state index in [2.05, 4.69) is 56.2 Å². The van der Waals surface area contributed by atoms with Crippen molar-refractivity contribution in [2.75, 3.05) is 27.2 Å². The summed E-state index contributed by atoms with van der Waals surface area (Å²) >= 11 is 0. The topological polar surface area (TPSA) is 41.6 Å². The minimum Gasteiger partial charge on any atom is -0.496 e. The minimum atomic E-state index is -0.282. The van der Waals surface area contributed by atoms with Crippen molar-refractivity contribution < 1.29 is 13.9 Å². The zero-order valence-corrected chi connectivity index (χ0v) is 23.0. The molecule has 5 heteroatoms. The fourth-order valence-electron chi connectivity index (χ4n) is 5.89. The first-order valence-corrected chi connectivity index (χ1v) is 13.7. The van der Waals surface area contributed by atoms with E-state index in [1.54, 1.807) is 13.2 Å². The Labute approximate surface area is 221 Å². The Kier molecular flexibility index (Phi) is 8.86. The highest BCUT2D eigenvalue weighted by Gasteiger charge is 2.27. The van der Waals surface area contributed by atoms with Crippen molar-refractivity contribution in [3.8, 4) is 5.75 Å². The van der Waals surface area contributed by atoms with Crippen molar-refractivity contribution in [2.24, 2.45) is 0 Å². The second-order valence-electron chi connectivity index (χ2n) is 10.6.